The molecular weight excluding hydrogens is 364 g/mol. The zero-order chi connectivity index (χ0) is 19.4. The molecule has 1 heterocycles. The quantitative estimate of drug-likeness (QED) is 0.578. The van der Waals surface area contributed by atoms with E-state index in [4.69, 9.17) is 21.1 Å². The van der Waals surface area contributed by atoms with E-state index in [2.05, 4.69) is 5.10 Å². The highest BCUT2D eigenvalue weighted by molar-refractivity contribution is 6.31. The molecule has 0 N–H and O–H groups in total. The molecule has 0 fully saturated rings. The number of carbonyl (C=O) groups excluding carboxylic acids is 1. The number of ether oxygens (including phenoxy) is 2. The predicted molar refractivity (Wildman–Crippen MR) is 105 cm³/mol. The Morgan fingerprint density at radius 3 is 2.56 bits per heavy atom. The molecule has 3 rings (SSSR count). The highest BCUT2D eigenvalue weighted by atomic mass is 35.5. The van der Waals surface area contributed by atoms with E-state index in [0.717, 1.165) is 12.2 Å². The van der Waals surface area contributed by atoms with Crippen molar-refractivity contribution in [1.82, 2.24) is 9.78 Å². The summed E-state index contributed by atoms with van der Waals surface area (Å²) in [6, 6.07) is 16.4. The number of aromatic nitrogens is 2. The second-order valence-corrected chi connectivity index (χ2v) is 6.63. The van der Waals surface area contributed by atoms with E-state index in [-0.39, 0.29) is 0 Å². The number of carbonyl (C=O) groups is 1. The van der Waals surface area contributed by atoms with Crippen LogP contribution in [0.1, 0.15) is 19.4 Å². The third-order valence-corrected chi connectivity index (χ3v) is 4.63. The van der Waals surface area contributed by atoms with Crippen molar-refractivity contribution in [1.29, 1.82) is 0 Å². The minimum absolute atomic E-state index is 0.492. The van der Waals surface area contributed by atoms with E-state index in [1.165, 1.54) is 7.11 Å². The van der Waals surface area contributed by atoms with E-state index in [0.29, 0.717) is 21.9 Å². The fourth-order valence-corrected chi connectivity index (χ4v) is 3.03. The molecule has 0 amide bonds. The van der Waals surface area contributed by atoms with Crippen LogP contribution in [-0.4, -0.2) is 22.9 Å². The fraction of sp³-hybridized carbons (Fsp3) is 0.238. The number of hydrogen-bond donors (Lipinski definition) is 0. The van der Waals surface area contributed by atoms with Crippen LogP contribution in [-0.2, 0) is 21.7 Å². The largest absolute Gasteiger partial charge is 0.470 e. The first-order valence-electron chi connectivity index (χ1n) is 8.64. The lowest BCUT2D eigenvalue weighted by Gasteiger charge is -2.29. The Hall–Kier alpha value is -2.79. The fourth-order valence-electron chi connectivity index (χ4n) is 2.86. The molecule has 1 atom stereocenters. The van der Waals surface area contributed by atoms with E-state index in [1.807, 2.05) is 54.2 Å². The summed E-state index contributed by atoms with van der Waals surface area (Å²) < 4.78 is 13.1. The van der Waals surface area contributed by atoms with Crippen LogP contribution >= 0.6 is 11.6 Å². The minimum Gasteiger partial charge on any atom is -0.470 e. The number of methoxy groups -OCH3 is 1. The molecule has 6 heteroatoms. The Kier molecular flexibility index (Phi) is 5.51. The van der Waals surface area contributed by atoms with Crippen molar-refractivity contribution in [2.24, 2.45) is 0 Å². The van der Waals surface area contributed by atoms with Gasteiger partial charge in [-0.1, -0.05) is 41.9 Å². The van der Waals surface area contributed by atoms with Gasteiger partial charge in [-0.15, -0.1) is 0 Å². The zero-order valence-corrected chi connectivity index (χ0v) is 16.2. The molecule has 140 valence electrons. The van der Waals surface area contributed by atoms with Crippen molar-refractivity contribution in [2.75, 3.05) is 7.11 Å². The second-order valence-electron chi connectivity index (χ2n) is 6.19. The molecule has 3 aromatic rings. The number of nitrogens with zero attached hydrogens (tertiary/aromatic N) is 2. The summed E-state index contributed by atoms with van der Waals surface area (Å²) in [5.41, 5.74) is 0.804. The monoisotopic (exact) mass is 384 g/mol. The van der Waals surface area contributed by atoms with Crippen LogP contribution in [0.4, 0.5) is 0 Å². The molecule has 0 spiro atoms. The number of aryl methyl sites for hydroxylation is 1. The Morgan fingerprint density at radius 2 is 1.93 bits per heavy atom. The lowest BCUT2D eigenvalue weighted by Crippen LogP contribution is -2.39. The van der Waals surface area contributed by atoms with E-state index >= 15 is 0 Å². The smallest absolute Gasteiger partial charge is 0.354 e. The highest BCUT2D eigenvalue weighted by Gasteiger charge is 2.39. The highest BCUT2D eigenvalue weighted by Crippen LogP contribution is 2.37. The third-order valence-electron chi connectivity index (χ3n) is 4.40. The van der Waals surface area contributed by atoms with Gasteiger partial charge in [-0.3, -0.25) is 4.68 Å². The van der Waals surface area contributed by atoms with Gasteiger partial charge >= 0.3 is 5.97 Å². The number of benzene rings is 2. The molecule has 0 aliphatic carbocycles. The molecule has 0 aliphatic heterocycles. The summed E-state index contributed by atoms with van der Waals surface area (Å²) in [4.78, 5) is 12.6. The van der Waals surface area contributed by atoms with Crippen LogP contribution < -0.4 is 4.74 Å². The number of hydrogen-bond acceptors (Lipinski definition) is 4. The standard InChI is InChI=1S/C21H21ClN2O3/c1-4-24-13-12-18(23-24)17-14-16(22)10-11-19(17)27-21(2,20(25)26-3)15-8-6-5-7-9-15/h5-14H,4H2,1-3H3. The molecule has 1 unspecified atom stereocenters. The summed E-state index contributed by atoms with van der Waals surface area (Å²) in [6.45, 7) is 4.45. The molecule has 2 aromatic carbocycles. The number of esters is 1. The SMILES string of the molecule is CCn1ccc(-c2cc(Cl)ccc2OC(C)(C(=O)OC)c2ccccc2)n1. The Morgan fingerprint density at radius 1 is 1.19 bits per heavy atom. The topological polar surface area (TPSA) is 53.4 Å². The van der Waals surface area contributed by atoms with Gasteiger partial charge in [0.15, 0.2) is 0 Å². The van der Waals surface area contributed by atoms with Crippen molar-refractivity contribution in [3.63, 3.8) is 0 Å². The number of halogens is 1. The van der Waals surface area contributed by atoms with Crippen LogP contribution in [0.2, 0.25) is 5.02 Å². The summed E-state index contributed by atoms with van der Waals surface area (Å²) in [7, 11) is 1.35. The minimum atomic E-state index is -1.31. The molecule has 0 saturated carbocycles. The Bertz CT molecular complexity index is 940. The molecule has 0 radical (unpaired) electrons. The van der Waals surface area contributed by atoms with Gasteiger partial charge in [0.05, 0.1) is 12.8 Å². The molecule has 0 aliphatic rings. The van der Waals surface area contributed by atoms with Gasteiger partial charge in [0.25, 0.3) is 0 Å². The van der Waals surface area contributed by atoms with Gasteiger partial charge in [0, 0.05) is 28.9 Å². The van der Waals surface area contributed by atoms with Crippen LogP contribution in [0.25, 0.3) is 11.3 Å². The third kappa shape index (κ3) is 3.83. The van der Waals surface area contributed by atoms with E-state index in [1.54, 1.807) is 25.1 Å². The molecule has 0 saturated heterocycles. The van der Waals surface area contributed by atoms with Crippen LogP contribution in [0, 0.1) is 0 Å². The van der Waals surface area contributed by atoms with Gasteiger partial charge in [0.1, 0.15) is 5.75 Å². The van der Waals surface area contributed by atoms with Crippen LogP contribution in [0.15, 0.2) is 60.8 Å². The van der Waals surface area contributed by atoms with E-state index < -0.39 is 11.6 Å². The van der Waals surface area contributed by atoms with Crippen molar-refractivity contribution in [2.45, 2.75) is 26.0 Å². The number of rotatable bonds is 6. The van der Waals surface area contributed by atoms with Gasteiger partial charge in [-0.05, 0) is 38.1 Å². The first-order chi connectivity index (χ1) is 13.0. The Labute approximate surface area is 163 Å². The zero-order valence-electron chi connectivity index (χ0n) is 15.5. The van der Waals surface area contributed by atoms with E-state index in [9.17, 15) is 4.79 Å². The molecule has 0 bridgehead atoms. The van der Waals surface area contributed by atoms with Crippen molar-refractivity contribution in [3.8, 4) is 17.0 Å². The van der Waals surface area contributed by atoms with Gasteiger partial charge in [-0.25, -0.2) is 4.79 Å². The average Bonchev–Trinajstić information content (AvgIpc) is 3.18. The molecule has 5 nitrogen and oxygen atoms in total. The van der Waals surface area contributed by atoms with Crippen LogP contribution in [0.3, 0.4) is 0 Å². The second kappa shape index (κ2) is 7.84. The maximum atomic E-state index is 12.6. The molecule has 27 heavy (non-hydrogen) atoms. The normalized spacial score (nSPS) is 13.0. The van der Waals surface area contributed by atoms with Gasteiger partial charge < -0.3 is 9.47 Å². The van der Waals surface area contributed by atoms with Crippen molar-refractivity contribution < 1.29 is 14.3 Å². The lowest BCUT2D eigenvalue weighted by molar-refractivity contribution is -0.158. The first-order valence-corrected chi connectivity index (χ1v) is 9.02. The van der Waals surface area contributed by atoms with Crippen molar-refractivity contribution in [3.05, 3.63) is 71.4 Å². The summed E-state index contributed by atoms with van der Waals surface area (Å²) >= 11 is 6.20. The average molecular weight is 385 g/mol. The summed E-state index contributed by atoms with van der Waals surface area (Å²) in [6.07, 6.45) is 1.89. The summed E-state index contributed by atoms with van der Waals surface area (Å²) in [5, 5.41) is 5.09. The predicted octanol–water partition coefficient (Wildman–Crippen LogP) is 4.69. The Balaban J connectivity index is 2.08. The maximum absolute atomic E-state index is 12.6. The lowest BCUT2D eigenvalue weighted by atomic mass is 9.95. The van der Waals surface area contributed by atoms with Gasteiger partial charge in [-0.2, -0.15) is 5.10 Å². The van der Waals surface area contributed by atoms with Crippen molar-refractivity contribution >= 4 is 17.6 Å². The summed E-state index contributed by atoms with van der Waals surface area (Å²) in [5.74, 6) is 0.00573. The molecular formula is C21H21ClN2O3. The van der Waals surface area contributed by atoms with Gasteiger partial charge in [0.2, 0.25) is 5.60 Å². The maximum Gasteiger partial charge on any atom is 0.354 e. The van der Waals surface area contributed by atoms with Crippen LogP contribution in [0.5, 0.6) is 5.75 Å². The first kappa shape index (κ1) is 19.0. The molecule has 1 aromatic heterocycles.